The standard InChI is InChI=1S/C12H14FNO/c1-8-6-7-11(14-12(8)15)9-4-2-3-5-10(9)13/h2-5,8,11H,6-7H2,1H3,(H,14,15)/t8-,11-/m0/s1. The van der Waals surface area contributed by atoms with Crippen molar-refractivity contribution >= 4 is 5.91 Å². The SMILES string of the molecule is C[C@H]1CC[C@@H](c2ccccc2F)NC1=O. The van der Waals surface area contributed by atoms with Gasteiger partial charge in [-0.1, -0.05) is 25.1 Å². The molecule has 2 nitrogen and oxygen atoms in total. The molecule has 3 heteroatoms. The van der Waals surface area contributed by atoms with Crippen LogP contribution in [0.1, 0.15) is 31.4 Å². The summed E-state index contributed by atoms with van der Waals surface area (Å²) >= 11 is 0. The van der Waals surface area contributed by atoms with E-state index in [-0.39, 0.29) is 23.7 Å². The van der Waals surface area contributed by atoms with Crippen LogP contribution in [0.3, 0.4) is 0 Å². The maximum Gasteiger partial charge on any atom is 0.223 e. The number of hydrogen-bond donors (Lipinski definition) is 1. The summed E-state index contributed by atoms with van der Waals surface area (Å²) in [6.45, 7) is 1.90. The maximum absolute atomic E-state index is 13.4. The summed E-state index contributed by atoms with van der Waals surface area (Å²) in [5.74, 6) is -0.167. The fourth-order valence-corrected chi connectivity index (χ4v) is 1.92. The van der Waals surface area contributed by atoms with Gasteiger partial charge in [-0.15, -0.1) is 0 Å². The van der Waals surface area contributed by atoms with Gasteiger partial charge in [-0.3, -0.25) is 4.79 Å². The first-order valence-electron chi connectivity index (χ1n) is 5.23. The van der Waals surface area contributed by atoms with Crippen molar-refractivity contribution < 1.29 is 9.18 Å². The second-order valence-electron chi connectivity index (χ2n) is 4.06. The van der Waals surface area contributed by atoms with Crippen LogP contribution in [-0.4, -0.2) is 5.91 Å². The number of carbonyl (C=O) groups is 1. The Balaban J connectivity index is 2.19. The van der Waals surface area contributed by atoms with Gasteiger partial charge < -0.3 is 5.32 Å². The highest BCUT2D eigenvalue weighted by Crippen LogP contribution is 2.27. The van der Waals surface area contributed by atoms with Crippen LogP contribution in [0.15, 0.2) is 24.3 Å². The van der Waals surface area contributed by atoms with E-state index in [0.717, 1.165) is 12.8 Å². The zero-order valence-corrected chi connectivity index (χ0v) is 8.66. The molecule has 0 bridgehead atoms. The molecule has 1 heterocycles. The van der Waals surface area contributed by atoms with Crippen LogP contribution in [0.2, 0.25) is 0 Å². The Morgan fingerprint density at radius 1 is 1.33 bits per heavy atom. The Morgan fingerprint density at radius 2 is 2.07 bits per heavy atom. The average Bonchev–Trinajstić information content (AvgIpc) is 2.23. The lowest BCUT2D eigenvalue weighted by molar-refractivity contribution is -0.127. The van der Waals surface area contributed by atoms with Gasteiger partial charge in [0.25, 0.3) is 0 Å². The number of amides is 1. The van der Waals surface area contributed by atoms with Crippen molar-refractivity contribution in [1.82, 2.24) is 5.32 Å². The second-order valence-corrected chi connectivity index (χ2v) is 4.06. The molecular formula is C12H14FNO. The molecule has 1 aliphatic heterocycles. The van der Waals surface area contributed by atoms with Crippen molar-refractivity contribution in [2.45, 2.75) is 25.8 Å². The van der Waals surface area contributed by atoms with E-state index in [1.807, 2.05) is 6.92 Å². The predicted molar refractivity (Wildman–Crippen MR) is 55.7 cm³/mol. The molecule has 1 fully saturated rings. The first-order chi connectivity index (χ1) is 7.18. The van der Waals surface area contributed by atoms with Crippen LogP contribution in [0.5, 0.6) is 0 Å². The molecule has 2 atom stereocenters. The Hall–Kier alpha value is -1.38. The summed E-state index contributed by atoms with van der Waals surface area (Å²) < 4.78 is 13.4. The zero-order chi connectivity index (χ0) is 10.8. The van der Waals surface area contributed by atoms with Crippen LogP contribution >= 0.6 is 0 Å². The summed E-state index contributed by atoms with van der Waals surface area (Å²) in [5.41, 5.74) is 0.595. The van der Waals surface area contributed by atoms with Gasteiger partial charge in [0.05, 0.1) is 6.04 Å². The van der Waals surface area contributed by atoms with Crippen molar-refractivity contribution in [2.24, 2.45) is 5.92 Å². The number of carbonyl (C=O) groups excluding carboxylic acids is 1. The molecule has 0 saturated carbocycles. The van der Waals surface area contributed by atoms with Gasteiger partial charge in [0.15, 0.2) is 0 Å². The van der Waals surface area contributed by atoms with Crippen molar-refractivity contribution in [3.63, 3.8) is 0 Å². The fourth-order valence-electron chi connectivity index (χ4n) is 1.92. The van der Waals surface area contributed by atoms with Gasteiger partial charge >= 0.3 is 0 Å². The average molecular weight is 207 g/mol. The molecule has 0 radical (unpaired) electrons. The molecule has 2 rings (SSSR count). The van der Waals surface area contributed by atoms with Gasteiger partial charge in [0.1, 0.15) is 5.82 Å². The number of nitrogens with one attached hydrogen (secondary N) is 1. The van der Waals surface area contributed by atoms with E-state index in [1.54, 1.807) is 18.2 Å². The summed E-state index contributed by atoms with van der Waals surface area (Å²) in [7, 11) is 0. The molecule has 1 N–H and O–H groups in total. The lowest BCUT2D eigenvalue weighted by atomic mass is 9.91. The quantitative estimate of drug-likeness (QED) is 0.752. The van der Waals surface area contributed by atoms with Crippen molar-refractivity contribution in [3.05, 3.63) is 35.6 Å². The van der Waals surface area contributed by atoms with Crippen LogP contribution in [0.25, 0.3) is 0 Å². The topological polar surface area (TPSA) is 29.1 Å². The third kappa shape index (κ3) is 2.01. The van der Waals surface area contributed by atoms with Gasteiger partial charge in [-0.05, 0) is 18.9 Å². The Kier molecular flexibility index (Phi) is 2.71. The summed E-state index contributed by atoms with van der Waals surface area (Å²) in [6.07, 6.45) is 1.64. The molecule has 1 aromatic carbocycles. The molecule has 1 aromatic rings. The van der Waals surface area contributed by atoms with E-state index in [4.69, 9.17) is 0 Å². The largest absolute Gasteiger partial charge is 0.349 e. The summed E-state index contributed by atoms with van der Waals surface area (Å²) in [4.78, 5) is 11.5. The Labute approximate surface area is 88.5 Å². The lowest BCUT2D eigenvalue weighted by Crippen LogP contribution is -2.38. The number of piperidine rings is 1. The van der Waals surface area contributed by atoms with Crippen molar-refractivity contribution in [2.75, 3.05) is 0 Å². The van der Waals surface area contributed by atoms with E-state index >= 15 is 0 Å². The molecule has 15 heavy (non-hydrogen) atoms. The van der Waals surface area contributed by atoms with Crippen LogP contribution in [0.4, 0.5) is 4.39 Å². The maximum atomic E-state index is 13.4. The third-order valence-corrected chi connectivity index (χ3v) is 2.93. The predicted octanol–water partition coefficient (Wildman–Crippen LogP) is 2.41. The lowest BCUT2D eigenvalue weighted by Gasteiger charge is -2.27. The minimum absolute atomic E-state index is 0.0227. The first-order valence-corrected chi connectivity index (χ1v) is 5.23. The summed E-state index contributed by atoms with van der Waals surface area (Å²) in [6, 6.07) is 6.46. The highest BCUT2D eigenvalue weighted by Gasteiger charge is 2.26. The molecule has 1 aliphatic rings. The minimum atomic E-state index is -0.239. The fraction of sp³-hybridized carbons (Fsp3) is 0.417. The summed E-state index contributed by atoms with van der Waals surface area (Å²) in [5, 5.41) is 2.84. The van der Waals surface area contributed by atoms with Crippen LogP contribution < -0.4 is 5.32 Å². The molecule has 80 valence electrons. The molecule has 0 spiro atoms. The second kappa shape index (κ2) is 4.01. The van der Waals surface area contributed by atoms with E-state index in [2.05, 4.69) is 5.32 Å². The van der Waals surface area contributed by atoms with E-state index in [9.17, 15) is 9.18 Å². The monoisotopic (exact) mass is 207 g/mol. The Morgan fingerprint density at radius 3 is 2.73 bits per heavy atom. The highest BCUT2D eigenvalue weighted by atomic mass is 19.1. The normalized spacial score (nSPS) is 26.1. The van der Waals surface area contributed by atoms with Gasteiger partial charge in [-0.2, -0.15) is 0 Å². The smallest absolute Gasteiger partial charge is 0.223 e. The van der Waals surface area contributed by atoms with Crippen LogP contribution in [-0.2, 0) is 4.79 Å². The molecule has 0 aromatic heterocycles. The molecule has 1 saturated heterocycles. The van der Waals surface area contributed by atoms with E-state index in [0.29, 0.717) is 5.56 Å². The van der Waals surface area contributed by atoms with E-state index in [1.165, 1.54) is 6.07 Å². The van der Waals surface area contributed by atoms with Gasteiger partial charge in [-0.25, -0.2) is 4.39 Å². The Bertz CT molecular complexity index is 378. The van der Waals surface area contributed by atoms with Crippen LogP contribution in [0, 0.1) is 11.7 Å². The number of rotatable bonds is 1. The molecule has 0 unspecified atom stereocenters. The van der Waals surface area contributed by atoms with E-state index < -0.39 is 0 Å². The molecule has 1 amide bonds. The van der Waals surface area contributed by atoms with Crippen molar-refractivity contribution in [3.8, 4) is 0 Å². The van der Waals surface area contributed by atoms with Gasteiger partial charge in [0.2, 0.25) is 5.91 Å². The van der Waals surface area contributed by atoms with Crippen molar-refractivity contribution in [1.29, 1.82) is 0 Å². The number of benzene rings is 1. The first kappa shape index (κ1) is 10.1. The zero-order valence-electron chi connectivity index (χ0n) is 8.66. The highest BCUT2D eigenvalue weighted by molar-refractivity contribution is 5.79. The third-order valence-electron chi connectivity index (χ3n) is 2.93. The number of hydrogen-bond acceptors (Lipinski definition) is 1. The molecular weight excluding hydrogens is 193 g/mol. The van der Waals surface area contributed by atoms with Gasteiger partial charge in [0, 0.05) is 11.5 Å². The minimum Gasteiger partial charge on any atom is -0.349 e. The molecule has 0 aliphatic carbocycles. The number of halogens is 1.